The van der Waals surface area contributed by atoms with Crippen LogP contribution in [0.1, 0.15) is 12.8 Å². The largest absolute Gasteiger partial charge is 0.501 e. The average Bonchev–Trinajstić information content (AvgIpc) is 2.10. The molecule has 10 heavy (non-hydrogen) atoms. The van der Waals surface area contributed by atoms with E-state index in [9.17, 15) is 0 Å². The number of aliphatic hydroxyl groups excluding tert-OH is 1. The highest BCUT2D eigenvalue weighted by Crippen LogP contribution is 2.10. The van der Waals surface area contributed by atoms with Gasteiger partial charge in [0.1, 0.15) is 0 Å². The summed E-state index contributed by atoms with van der Waals surface area (Å²) in [4.78, 5) is 0. The van der Waals surface area contributed by atoms with E-state index in [1.807, 2.05) is 12.2 Å². The number of methoxy groups -OCH3 is 1. The van der Waals surface area contributed by atoms with Gasteiger partial charge in [-0.25, -0.2) is 0 Å². The van der Waals surface area contributed by atoms with Crippen molar-refractivity contribution in [2.75, 3.05) is 14.2 Å². The number of rotatable bonds is 1. The Bertz CT molecular complexity index is 125. The van der Waals surface area contributed by atoms with Crippen LogP contribution in [-0.2, 0) is 4.74 Å². The molecule has 0 aromatic rings. The van der Waals surface area contributed by atoms with Crippen molar-refractivity contribution in [2.45, 2.75) is 12.8 Å². The zero-order chi connectivity index (χ0) is 7.82. The summed E-state index contributed by atoms with van der Waals surface area (Å²) in [5.74, 6) is 1.09. The molecule has 0 heterocycles. The summed E-state index contributed by atoms with van der Waals surface area (Å²) in [6.45, 7) is 0. The lowest BCUT2D eigenvalue weighted by atomic mass is 10.2. The van der Waals surface area contributed by atoms with Gasteiger partial charge in [-0.1, -0.05) is 12.2 Å². The third-order valence-electron chi connectivity index (χ3n) is 1.24. The van der Waals surface area contributed by atoms with Gasteiger partial charge in [-0.3, -0.25) is 0 Å². The van der Waals surface area contributed by atoms with Crippen molar-refractivity contribution in [3.63, 3.8) is 0 Å². The molecule has 0 amide bonds. The van der Waals surface area contributed by atoms with Gasteiger partial charge < -0.3 is 9.84 Å². The highest BCUT2D eigenvalue weighted by atomic mass is 16.5. The van der Waals surface area contributed by atoms with Gasteiger partial charge in [0.2, 0.25) is 0 Å². The van der Waals surface area contributed by atoms with E-state index in [1.54, 1.807) is 7.11 Å². The van der Waals surface area contributed by atoms with Crippen LogP contribution in [0.25, 0.3) is 0 Å². The monoisotopic (exact) mass is 142 g/mol. The Morgan fingerprint density at radius 1 is 1.50 bits per heavy atom. The molecular weight excluding hydrogens is 128 g/mol. The third kappa shape index (κ3) is 3.30. The van der Waals surface area contributed by atoms with Gasteiger partial charge >= 0.3 is 0 Å². The van der Waals surface area contributed by atoms with E-state index in [0.29, 0.717) is 0 Å². The van der Waals surface area contributed by atoms with Crippen molar-refractivity contribution >= 4 is 0 Å². The molecule has 0 atom stereocenters. The minimum Gasteiger partial charge on any atom is -0.501 e. The normalized spacial score (nSPS) is 14.9. The van der Waals surface area contributed by atoms with Crippen LogP contribution >= 0.6 is 0 Å². The Hall–Kier alpha value is -0.760. The molecule has 0 aromatic heterocycles. The van der Waals surface area contributed by atoms with Crippen molar-refractivity contribution in [3.8, 4) is 0 Å². The van der Waals surface area contributed by atoms with Gasteiger partial charge in [0, 0.05) is 13.5 Å². The van der Waals surface area contributed by atoms with Gasteiger partial charge in [-0.05, 0) is 12.5 Å². The molecule has 0 saturated heterocycles. The molecule has 0 unspecified atom stereocenters. The summed E-state index contributed by atoms with van der Waals surface area (Å²) in [5.41, 5.74) is 0. The lowest BCUT2D eigenvalue weighted by Gasteiger charge is -2.05. The van der Waals surface area contributed by atoms with Gasteiger partial charge in [0.25, 0.3) is 0 Å². The zero-order valence-corrected chi connectivity index (χ0v) is 6.50. The number of ether oxygens (including phenoxy) is 1. The maximum Gasteiger partial charge on any atom is 0.0958 e. The van der Waals surface area contributed by atoms with E-state index in [0.717, 1.165) is 25.7 Å². The van der Waals surface area contributed by atoms with Gasteiger partial charge in [0.15, 0.2) is 0 Å². The predicted molar refractivity (Wildman–Crippen MR) is 41.6 cm³/mol. The van der Waals surface area contributed by atoms with Gasteiger partial charge in [0.05, 0.1) is 12.9 Å². The molecular formula is C8H14O2. The molecule has 1 N–H and O–H groups in total. The van der Waals surface area contributed by atoms with E-state index in [1.165, 1.54) is 0 Å². The topological polar surface area (TPSA) is 29.5 Å². The molecule has 0 saturated carbocycles. The Kier molecular flexibility index (Phi) is 5.88. The summed E-state index contributed by atoms with van der Waals surface area (Å²) >= 11 is 0. The zero-order valence-electron chi connectivity index (χ0n) is 6.50. The maximum atomic E-state index is 7.00. The van der Waals surface area contributed by atoms with Crippen molar-refractivity contribution in [1.29, 1.82) is 0 Å². The number of aliphatic hydroxyl groups is 1. The van der Waals surface area contributed by atoms with Gasteiger partial charge in [-0.2, -0.15) is 0 Å². The summed E-state index contributed by atoms with van der Waals surface area (Å²) in [6.07, 6.45) is 8.36. The molecule has 1 aliphatic rings. The molecule has 2 heteroatoms. The minimum absolute atomic E-state index is 1.00. The van der Waals surface area contributed by atoms with Crippen LogP contribution in [0.4, 0.5) is 0 Å². The van der Waals surface area contributed by atoms with Crippen LogP contribution in [0.3, 0.4) is 0 Å². The fraction of sp³-hybridized carbons (Fsp3) is 0.500. The fourth-order valence-electron chi connectivity index (χ4n) is 0.751. The van der Waals surface area contributed by atoms with E-state index >= 15 is 0 Å². The van der Waals surface area contributed by atoms with Gasteiger partial charge in [-0.15, -0.1) is 0 Å². The molecule has 1 aliphatic carbocycles. The smallest absolute Gasteiger partial charge is 0.0958 e. The summed E-state index contributed by atoms with van der Waals surface area (Å²) in [5, 5.41) is 7.00. The third-order valence-corrected chi connectivity index (χ3v) is 1.24. The van der Waals surface area contributed by atoms with Crippen LogP contribution in [0.5, 0.6) is 0 Å². The molecule has 0 aromatic carbocycles. The van der Waals surface area contributed by atoms with Crippen molar-refractivity contribution < 1.29 is 9.84 Å². The fourth-order valence-corrected chi connectivity index (χ4v) is 0.751. The van der Waals surface area contributed by atoms with E-state index in [-0.39, 0.29) is 0 Å². The molecule has 2 nitrogen and oxygen atoms in total. The molecule has 1 rings (SSSR count). The number of hydrogen-bond donors (Lipinski definition) is 1. The predicted octanol–water partition coefficient (Wildman–Crippen LogP) is 1.48. The number of allylic oxidation sites excluding steroid dienone is 4. The van der Waals surface area contributed by atoms with Crippen molar-refractivity contribution in [1.82, 2.24) is 0 Å². The molecule has 0 fully saturated rings. The first-order valence-electron chi connectivity index (χ1n) is 3.28. The van der Waals surface area contributed by atoms with Crippen LogP contribution in [0.15, 0.2) is 24.0 Å². The molecule has 58 valence electrons. The number of hydrogen-bond acceptors (Lipinski definition) is 2. The van der Waals surface area contributed by atoms with Crippen LogP contribution in [-0.4, -0.2) is 19.3 Å². The Balaban J connectivity index is 0.000000371. The lowest BCUT2D eigenvalue weighted by molar-refractivity contribution is 0.276. The molecule has 0 aliphatic heterocycles. The Morgan fingerprint density at radius 2 is 2.20 bits per heavy atom. The average molecular weight is 142 g/mol. The van der Waals surface area contributed by atoms with Crippen molar-refractivity contribution in [3.05, 3.63) is 24.0 Å². The standard InChI is InChI=1S/C7H10O.CH4O/c1-8-7-5-3-2-4-6-7;1-2/h2-3,5H,4,6H2,1H3;2H,1H3. The summed E-state index contributed by atoms with van der Waals surface area (Å²) < 4.78 is 5.00. The Labute approximate surface area is 61.8 Å². The lowest BCUT2D eigenvalue weighted by Crippen LogP contribution is -1.87. The highest BCUT2D eigenvalue weighted by Gasteiger charge is 1.94. The molecule has 0 spiro atoms. The Morgan fingerprint density at radius 3 is 2.50 bits per heavy atom. The SMILES string of the molecule is CO.COC1=CC=CCC1. The van der Waals surface area contributed by atoms with Crippen LogP contribution in [0.2, 0.25) is 0 Å². The summed E-state index contributed by atoms with van der Waals surface area (Å²) in [6, 6.07) is 0. The van der Waals surface area contributed by atoms with Crippen LogP contribution in [0, 0.1) is 0 Å². The molecule has 0 bridgehead atoms. The first-order valence-corrected chi connectivity index (χ1v) is 3.28. The highest BCUT2D eigenvalue weighted by molar-refractivity contribution is 5.12. The second kappa shape index (κ2) is 6.36. The van der Waals surface area contributed by atoms with Crippen LogP contribution < -0.4 is 0 Å². The first kappa shape index (κ1) is 9.24. The summed E-state index contributed by atoms with van der Waals surface area (Å²) in [7, 11) is 2.71. The quantitative estimate of drug-likeness (QED) is 0.600. The van der Waals surface area contributed by atoms with E-state index < -0.39 is 0 Å². The second-order valence-electron chi connectivity index (χ2n) is 1.80. The van der Waals surface area contributed by atoms with Crippen molar-refractivity contribution in [2.24, 2.45) is 0 Å². The maximum absolute atomic E-state index is 7.00. The van der Waals surface area contributed by atoms with E-state index in [2.05, 4.69) is 6.08 Å². The first-order chi connectivity index (χ1) is 4.93. The van der Waals surface area contributed by atoms with E-state index in [4.69, 9.17) is 9.84 Å². The minimum atomic E-state index is 1.00. The second-order valence-corrected chi connectivity index (χ2v) is 1.80. The molecule has 0 radical (unpaired) electrons.